The Kier molecular flexibility index (Phi) is 5.22. The predicted octanol–water partition coefficient (Wildman–Crippen LogP) is 0.587. The van der Waals surface area contributed by atoms with Gasteiger partial charge < -0.3 is 9.80 Å². The molecule has 140 valence electrons. The maximum absolute atomic E-state index is 12.5. The van der Waals surface area contributed by atoms with Gasteiger partial charge in [0.25, 0.3) is 5.56 Å². The average molecular weight is 358 g/mol. The molecule has 1 saturated heterocycles. The van der Waals surface area contributed by atoms with Crippen molar-refractivity contribution in [1.82, 2.24) is 29.5 Å². The lowest BCUT2D eigenvalue weighted by atomic mass is 10.1. The molecule has 0 saturated carbocycles. The Labute approximate surface area is 152 Å². The number of carbonyl (C=O) groups excluding carboxylic acids is 1. The van der Waals surface area contributed by atoms with E-state index >= 15 is 0 Å². The van der Waals surface area contributed by atoms with Crippen LogP contribution in [-0.4, -0.2) is 68.7 Å². The average Bonchev–Trinajstić information content (AvgIpc) is 2.87. The highest BCUT2D eigenvalue weighted by molar-refractivity contribution is 5.76. The Morgan fingerprint density at radius 1 is 1.19 bits per heavy atom. The van der Waals surface area contributed by atoms with Gasteiger partial charge in [0.1, 0.15) is 0 Å². The van der Waals surface area contributed by atoms with Gasteiger partial charge in [0.2, 0.25) is 11.9 Å². The Bertz CT molecular complexity index is 861. The number of likely N-dealkylation sites (N-methyl/N-ethyl adjacent to an activating group) is 1. The number of H-pyrrole nitrogens is 1. The van der Waals surface area contributed by atoms with Crippen molar-refractivity contribution < 1.29 is 4.79 Å². The number of carbonyl (C=O) groups is 1. The normalized spacial score (nSPS) is 15.5. The summed E-state index contributed by atoms with van der Waals surface area (Å²) < 4.78 is 1.65. The number of nitrogens with one attached hydrogen (secondary N) is 1. The lowest BCUT2D eigenvalue weighted by molar-refractivity contribution is -0.132. The fourth-order valence-corrected chi connectivity index (χ4v) is 3.35. The third kappa shape index (κ3) is 3.85. The smallest absolute Gasteiger partial charge is 0.252 e. The van der Waals surface area contributed by atoms with E-state index in [9.17, 15) is 9.59 Å². The predicted molar refractivity (Wildman–Crippen MR) is 98.6 cm³/mol. The Morgan fingerprint density at radius 2 is 1.88 bits per heavy atom. The van der Waals surface area contributed by atoms with Gasteiger partial charge in [-0.05, 0) is 39.8 Å². The summed E-state index contributed by atoms with van der Waals surface area (Å²) >= 11 is 0. The van der Waals surface area contributed by atoms with Crippen molar-refractivity contribution in [2.75, 3.05) is 33.2 Å². The highest BCUT2D eigenvalue weighted by Gasteiger charge is 2.21. The molecular formula is C18H26N6O2. The van der Waals surface area contributed by atoms with Crippen molar-refractivity contribution >= 4 is 5.91 Å². The molecule has 0 unspecified atom stereocenters. The standard InChI is InChI=1S/C18H26N6O2/c1-12-11-16(25)20-18(19-12)24-14(3)15(13(2)21-24)5-6-17(26)23-9-7-22(4)8-10-23/h11H,5-10H2,1-4H3,(H,19,20,25). The summed E-state index contributed by atoms with van der Waals surface area (Å²) in [5, 5.41) is 4.52. The Balaban J connectivity index is 1.74. The summed E-state index contributed by atoms with van der Waals surface area (Å²) in [7, 11) is 2.08. The second-order valence-electron chi connectivity index (χ2n) is 6.96. The molecule has 0 bridgehead atoms. The fourth-order valence-electron chi connectivity index (χ4n) is 3.35. The van der Waals surface area contributed by atoms with Crippen LogP contribution in [0.15, 0.2) is 10.9 Å². The monoisotopic (exact) mass is 358 g/mol. The van der Waals surface area contributed by atoms with Crippen LogP contribution in [0.25, 0.3) is 5.95 Å². The summed E-state index contributed by atoms with van der Waals surface area (Å²) in [6, 6.07) is 1.45. The number of aryl methyl sites for hydroxylation is 2. The molecule has 1 fully saturated rings. The van der Waals surface area contributed by atoms with E-state index in [1.807, 2.05) is 18.7 Å². The van der Waals surface area contributed by atoms with Crippen LogP contribution in [0.4, 0.5) is 0 Å². The number of piperazine rings is 1. The van der Waals surface area contributed by atoms with E-state index in [1.54, 1.807) is 11.6 Å². The van der Waals surface area contributed by atoms with E-state index < -0.39 is 0 Å². The van der Waals surface area contributed by atoms with Crippen molar-refractivity contribution in [2.45, 2.75) is 33.6 Å². The van der Waals surface area contributed by atoms with Gasteiger partial charge >= 0.3 is 0 Å². The number of rotatable bonds is 4. The van der Waals surface area contributed by atoms with Gasteiger partial charge in [-0.25, -0.2) is 9.67 Å². The summed E-state index contributed by atoms with van der Waals surface area (Å²) in [5.74, 6) is 0.596. The number of aromatic amines is 1. The van der Waals surface area contributed by atoms with Gasteiger partial charge in [-0.1, -0.05) is 0 Å². The zero-order chi connectivity index (χ0) is 18.8. The highest BCUT2D eigenvalue weighted by atomic mass is 16.2. The summed E-state index contributed by atoms with van der Waals surface area (Å²) in [4.78, 5) is 35.5. The number of aromatic nitrogens is 4. The second kappa shape index (κ2) is 7.41. The first-order chi connectivity index (χ1) is 12.3. The third-order valence-electron chi connectivity index (χ3n) is 4.94. The highest BCUT2D eigenvalue weighted by Crippen LogP contribution is 2.18. The van der Waals surface area contributed by atoms with Gasteiger partial charge in [-0.15, -0.1) is 0 Å². The quantitative estimate of drug-likeness (QED) is 0.864. The minimum Gasteiger partial charge on any atom is -0.340 e. The first-order valence-corrected chi connectivity index (χ1v) is 8.95. The van der Waals surface area contributed by atoms with Gasteiger partial charge in [-0.3, -0.25) is 14.6 Å². The topological polar surface area (TPSA) is 87.1 Å². The fraction of sp³-hybridized carbons (Fsp3) is 0.556. The lowest BCUT2D eigenvalue weighted by Crippen LogP contribution is -2.47. The van der Waals surface area contributed by atoms with Gasteiger partial charge in [0.05, 0.1) is 5.69 Å². The molecule has 0 aromatic carbocycles. The molecule has 2 aromatic heterocycles. The molecule has 0 atom stereocenters. The molecular weight excluding hydrogens is 332 g/mol. The maximum Gasteiger partial charge on any atom is 0.252 e. The van der Waals surface area contributed by atoms with Crippen molar-refractivity contribution in [3.8, 4) is 5.95 Å². The van der Waals surface area contributed by atoms with E-state index in [-0.39, 0.29) is 11.5 Å². The zero-order valence-electron chi connectivity index (χ0n) is 15.9. The van der Waals surface area contributed by atoms with Crippen LogP contribution >= 0.6 is 0 Å². The Hall–Kier alpha value is -2.48. The SMILES string of the molecule is Cc1cc(=O)[nH]c(-n2nc(C)c(CCC(=O)N3CCN(C)CC3)c2C)n1. The molecule has 1 N–H and O–H groups in total. The molecule has 3 heterocycles. The molecule has 0 aliphatic carbocycles. The van der Waals surface area contributed by atoms with E-state index in [2.05, 4.69) is 27.0 Å². The number of hydrogen-bond donors (Lipinski definition) is 1. The molecule has 8 nitrogen and oxygen atoms in total. The molecule has 8 heteroatoms. The van der Waals surface area contributed by atoms with Gasteiger partial charge in [-0.2, -0.15) is 5.10 Å². The second-order valence-corrected chi connectivity index (χ2v) is 6.96. The van der Waals surface area contributed by atoms with E-state index in [0.717, 1.165) is 43.1 Å². The van der Waals surface area contributed by atoms with Crippen LogP contribution in [-0.2, 0) is 11.2 Å². The molecule has 3 rings (SSSR count). The molecule has 26 heavy (non-hydrogen) atoms. The molecule has 1 aliphatic rings. The molecule has 0 spiro atoms. The van der Waals surface area contributed by atoms with Crippen molar-refractivity contribution in [2.24, 2.45) is 0 Å². The van der Waals surface area contributed by atoms with Crippen LogP contribution in [0.1, 0.15) is 29.1 Å². The number of hydrogen-bond acceptors (Lipinski definition) is 5. The Morgan fingerprint density at radius 3 is 2.54 bits per heavy atom. The van der Waals surface area contributed by atoms with Crippen molar-refractivity contribution in [1.29, 1.82) is 0 Å². The van der Waals surface area contributed by atoms with Crippen LogP contribution in [0.5, 0.6) is 0 Å². The molecule has 2 aromatic rings. The summed E-state index contributed by atoms with van der Waals surface area (Å²) in [6.45, 7) is 9.08. The van der Waals surface area contributed by atoms with E-state index in [4.69, 9.17) is 0 Å². The largest absolute Gasteiger partial charge is 0.340 e. The molecule has 1 amide bonds. The van der Waals surface area contributed by atoms with Gasteiger partial charge in [0.15, 0.2) is 0 Å². The first kappa shape index (κ1) is 18.3. The van der Waals surface area contributed by atoms with Crippen molar-refractivity contribution in [3.05, 3.63) is 39.1 Å². The minimum absolute atomic E-state index is 0.187. The summed E-state index contributed by atoms with van der Waals surface area (Å²) in [5.41, 5.74) is 3.24. The maximum atomic E-state index is 12.5. The van der Waals surface area contributed by atoms with Gasteiger partial charge in [0, 0.05) is 50.1 Å². The summed E-state index contributed by atoms with van der Waals surface area (Å²) in [6.07, 6.45) is 1.10. The van der Waals surface area contributed by atoms with Crippen molar-refractivity contribution in [3.63, 3.8) is 0 Å². The third-order valence-corrected chi connectivity index (χ3v) is 4.94. The van der Waals surface area contributed by atoms with Crippen LogP contribution in [0, 0.1) is 20.8 Å². The first-order valence-electron chi connectivity index (χ1n) is 8.95. The van der Waals surface area contributed by atoms with Crippen LogP contribution < -0.4 is 5.56 Å². The van der Waals surface area contributed by atoms with E-state index in [1.165, 1.54) is 6.07 Å². The van der Waals surface area contributed by atoms with E-state index in [0.29, 0.717) is 24.5 Å². The molecule has 0 radical (unpaired) electrons. The number of nitrogens with zero attached hydrogens (tertiary/aromatic N) is 5. The molecule has 1 aliphatic heterocycles. The minimum atomic E-state index is -0.202. The van der Waals surface area contributed by atoms with Crippen LogP contribution in [0.3, 0.4) is 0 Å². The van der Waals surface area contributed by atoms with Crippen LogP contribution in [0.2, 0.25) is 0 Å². The number of amides is 1. The lowest BCUT2D eigenvalue weighted by Gasteiger charge is -2.32. The zero-order valence-corrected chi connectivity index (χ0v) is 15.9.